The third-order valence-electron chi connectivity index (χ3n) is 4.29. The van der Waals surface area contributed by atoms with Crippen molar-refractivity contribution in [1.82, 2.24) is 4.98 Å². The second-order valence-electron chi connectivity index (χ2n) is 6.26. The number of nitrogens with one attached hydrogen (secondary N) is 2. The summed E-state index contributed by atoms with van der Waals surface area (Å²) in [6.45, 7) is 0.665. The van der Waals surface area contributed by atoms with Crippen LogP contribution in [-0.4, -0.2) is 31.7 Å². The van der Waals surface area contributed by atoms with Gasteiger partial charge in [0.25, 0.3) is 5.91 Å². The van der Waals surface area contributed by atoms with E-state index in [4.69, 9.17) is 9.47 Å². The molecule has 6 nitrogen and oxygen atoms in total. The van der Waals surface area contributed by atoms with Gasteiger partial charge >= 0.3 is 0 Å². The zero-order valence-corrected chi connectivity index (χ0v) is 16.2. The average Bonchev–Trinajstić information content (AvgIpc) is 2.75. The highest BCUT2D eigenvalue weighted by Crippen LogP contribution is 2.27. The smallest absolute Gasteiger partial charge is 0.274 e. The van der Waals surface area contributed by atoms with Gasteiger partial charge in [-0.15, -0.1) is 0 Å². The number of rotatable bonds is 8. The first-order chi connectivity index (χ1) is 14.1. The molecule has 3 aromatic rings. The number of ether oxygens (including phenoxy) is 2. The maximum atomic E-state index is 13.0. The summed E-state index contributed by atoms with van der Waals surface area (Å²) >= 11 is 0. The number of halogens is 1. The van der Waals surface area contributed by atoms with Crippen molar-refractivity contribution in [2.45, 2.75) is 6.42 Å². The monoisotopic (exact) mass is 395 g/mol. The van der Waals surface area contributed by atoms with Crippen LogP contribution in [0, 0.1) is 5.82 Å². The van der Waals surface area contributed by atoms with Crippen molar-refractivity contribution in [3.05, 3.63) is 77.9 Å². The van der Waals surface area contributed by atoms with Gasteiger partial charge in [-0.2, -0.15) is 0 Å². The van der Waals surface area contributed by atoms with E-state index in [1.54, 1.807) is 32.5 Å². The first-order valence-corrected chi connectivity index (χ1v) is 9.07. The van der Waals surface area contributed by atoms with Crippen LogP contribution in [0.4, 0.5) is 15.8 Å². The number of hydrogen-bond donors (Lipinski definition) is 2. The molecule has 0 atom stereocenters. The highest BCUT2D eigenvalue weighted by molar-refractivity contribution is 6.03. The van der Waals surface area contributed by atoms with Gasteiger partial charge in [0.05, 0.1) is 14.2 Å². The van der Waals surface area contributed by atoms with Crippen LogP contribution in [0.5, 0.6) is 11.5 Å². The molecule has 0 radical (unpaired) electrons. The molecule has 0 aliphatic rings. The Hall–Kier alpha value is -3.61. The first-order valence-electron chi connectivity index (χ1n) is 9.07. The zero-order chi connectivity index (χ0) is 20.6. The number of carbonyl (C=O) groups is 1. The number of nitrogens with zero attached hydrogens (tertiary/aromatic N) is 1. The highest BCUT2D eigenvalue weighted by atomic mass is 19.1. The molecular weight excluding hydrogens is 373 g/mol. The molecule has 29 heavy (non-hydrogen) atoms. The molecule has 0 spiro atoms. The number of methoxy groups -OCH3 is 2. The molecule has 0 saturated heterocycles. The lowest BCUT2D eigenvalue weighted by molar-refractivity contribution is 0.102. The van der Waals surface area contributed by atoms with E-state index in [9.17, 15) is 9.18 Å². The number of pyridine rings is 1. The maximum Gasteiger partial charge on any atom is 0.274 e. The predicted octanol–water partition coefficient (Wildman–Crippen LogP) is 4.14. The summed E-state index contributed by atoms with van der Waals surface area (Å²) in [6.07, 6.45) is 2.33. The topological polar surface area (TPSA) is 72.5 Å². The number of hydrogen-bond acceptors (Lipinski definition) is 5. The van der Waals surface area contributed by atoms with E-state index in [0.717, 1.165) is 17.7 Å². The van der Waals surface area contributed by atoms with Crippen LogP contribution in [0.15, 0.2) is 60.8 Å². The summed E-state index contributed by atoms with van der Waals surface area (Å²) < 4.78 is 23.5. The molecule has 2 N–H and O–H groups in total. The SMILES string of the molecule is COc1ccc(CCNc2ccnc(C(=O)Nc3ccc(F)cc3)c2)cc1OC. The summed E-state index contributed by atoms with van der Waals surface area (Å²) in [4.78, 5) is 16.5. The largest absolute Gasteiger partial charge is 0.493 e. The number of benzene rings is 2. The highest BCUT2D eigenvalue weighted by Gasteiger charge is 2.09. The minimum absolute atomic E-state index is 0.269. The van der Waals surface area contributed by atoms with Crippen LogP contribution >= 0.6 is 0 Å². The summed E-state index contributed by atoms with van der Waals surface area (Å²) in [5, 5.41) is 5.98. The lowest BCUT2D eigenvalue weighted by Crippen LogP contribution is -2.14. The normalized spacial score (nSPS) is 10.3. The summed E-state index contributed by atoms with van der Waals surface area (Å²) in [6, 6.07) is 14.8. The maximum absolute atomic E-state index is 13.0. The fraction of sp³-hybridized carbons (Fsp3) is 0.182. The summed E-state index contributed by atoms with van der Waals surface area (Å²) in [7, 11) is 3.21. The first kappa shape index (κ1) is 20.1. The van der Waals surface area contributed by atoms with Crippen LogP contribution in [0.25, 0.3) is 0 Å². The molecule has 7 heteroatoms. The molecule has 2 aromatic carbocycles. The zero-order valence-electron chi connectivity index (χ0n) is 16.2. The lowest BCUT2D eigenvalue weighted by atomic mass is 10.1. The van der Waals surface area contributed by atoms with Crippen LogP contribution < -0.4 is 20.1 Å². The van der Waals surface area contributed by atoms with Crippen LogP contribution in [0.3, 0.4) is 0 Å². The van der Waals surface area contributed by atoms with Crippen LogP contribution in [-0.2, 0) is 6.42 Å². The fourth-order valence-electron chi connectivity index (χ4n) is 2.78. The Balaban J connectivity index is 1.58. The molecule has 0 aliphatic heterocycles. The van der Waals surface area contributed by atoms with Gasteiger partial charge in [0.1, 0.15) is 11.5 Å². The third-order valence-corrected chi connectivity index (χ3v) is 4.29. The van der Waals surface area contributed by atoms with Gasteiger partial charge in [-0.3, -0.25) is 9.78 Å². The van der Waals surface area contributed by atoms with Crippen molar-refractivity contribution in [2.24, 2.45) is 0 Å². The van der Waals surface area contributed by atoms with E-state index >= 15 is 0 Å². The van der Waals surface area contributed by atoms with Crippen molar-refractivity contribution in [3.63, 3.8) is 0 Å². The van der Waals surface area contributed by atoms with Gasteiger partial charge < -0.3 is 20.1 Å². The Kier molecular flexibility index (Phi) is 6.63. The Morgan fingerprint density at radius 3 is 2.45 bits per heavy atom. The van der Waals surface area contributed by atoms with Crippen molar-refractivity contribution >= 4 is 17.3 Å². The predicted molar refractivity (Wildman–Crippen MR) is 110 cm³/mol. The molecular formula is C22H22FN3O3. The standard InChI is InChI=1S/C22H22FN3O3/c1-28-20-8-3-15(13-21(20)29-2)9-11-24-18-10-12-25-19(14-18)22(27)26-17-6-4-16(23)5-7-17/h3-8,10,12-14H,9,11H2,1-2H3,(H,24,25)(H,26,27). The minimum Gasteiger partial charge on any atom is -0.493 e. The van der Waals surface area contributed by atoms with E-state index < -0.39 is 0 Å². The molecule has 0 saturated carbocycles. The second kappa shape index (κ2) is 9.54. The van der Waals surface area contributed by atoms with Crippen LogP contribution in [0.1, 0.15) is 16.1 Å². The molecule has 0 unspecified atom stereocenters. The Bertz CT molecular complexity index is 977. The summed E-state index contributed by atoms with van der Waals surface area (Å²) in [5.74, 6) is 0.658. The van der Waals surface area contributed by atoms with Crippen molar-refractivity contribution in [2.75, 3.05) is 31.4 Å². The van der Waals surface area contributed by atoms with Gasteiger partial charge in [0.15, 0.2) is 11.5 Å². The molecule has 0 bridgehead atoms. The lowest BCUT2D eigenvalue weighted by Gasteiger charge is -2.11. The number of amides is 1. The fourth-order valence-corrected chi connectivity index (χ4v) is 2.78. The Morgan fingerprint density at radius 2 is 1.72 bits per heavy atom. The van der Waals surface area contributed by atoms with Gasteiger partial charge in [0.2, 0.25) is 0 Å². The molecule has 0 fully saturated rings. The Labute approximate surface area is 168 Å². The molecule has 150 valence electrons. The third kappa shape index (κ3) is 5.44. The van der Waals surface area contributed by atoms with E-state index in [1.807, 2.05) is 18.2 Å². The molecule has 1 heterocycles. The number of aromatic nitrogens is 1. The van der Waals surface area contributed by atoms with E-state index in [1.165, 1.54) is 24.3 Å². The Morgan fingerprint density at radius 1 is 0.966 bits per heavy atom. The molecule has 0 aliphatic carbocycles. The van der Waals surface area contributed by atoms with Gasteiger partial charge in [-0.05, 0) is 60.5 Å². The number of carbonyl (C=O) groups excluding carboxylic acids is 1. The van der Waals surface area contributed by atoms with Crippen LogP contribution in [0.2, 0.25) is 0 Å². The van der Waals surface area contributed by atoms with Crippen molar-refractivity contribution in [3.8, 4) is 11.5 Å². The van der Waals surface area contributed by atoms with Crippen molar-refractivity contribution < 1.29 is 18.7 Å². The van der Waals surface area contributed by atoms with E-state index in [0.29, 0.717) is 23.7 Å². The molecule has 1 aromatic heterocycles. The van der Waals surface area contributed by atoms with Crippen molar-refractivity contribution in [1.29, 1.82) is 0 Å². The van der Waals surface area contributed by atoms with Gasteiger partial charge in [0, 0.05) is 24.1 Å². The van der Waals surface area contributed by atoms with Gasteiger partial charge in [-0.1, -0.05) is 6.07 Å². The van der Waals surface area contributed by atoms with E-state index in [2.05, 4.69) is 15.6 Å². The number of anilines is 2. The van der Waals surface area contributed by atoms with Gasteiger partial charge in [-0.25, -0.2) is 4.39 Å². The second-order valence-corrected chi connectivity index (χ2v) is 6.26. The minimum atomic E-state index is -0.361. The van der Waals surface area contributed by atoms with E-state index in [-0.39, 0.29) is 17.4 Å². The summed E-state index contributed by atoms with van der Waals surface area (Å²) in [5.41, 5.74) is 2.65. The molecule has 3 rings (SSSR count). The average molecular weight is 395 g/mol. The quantitative estimate of drug-likeness (QED) is 0.600. The molecule has 1 amide bonds.